The molecule has 41 heavy (non-hydrogen) atoms. The second-order valence-corrected chi connectivity index (χ2v) is 14.2. The predicted molar refractivity (Wildman–Crippen MR) is 165 cm³/mol. The Bertz CT molecular complexity index is 1630. The third-order valence-corrected chi connectivity index (χ3v) is 10.7. The van der Waals surface area contributed by atoms with Gasteiger partial charge in [-0.2, -0.15) is 0 Å². The Hall–Kier alpha value is -3.31. The van der Waals surface area contributed by atoms with Crippen molar-refractivity contribution in [3.63, 3.8) is 0 Å². The number of thiophene rings is 2. The molecule has 0 bridgehead atoms. The average molecular weight is 608 g/mol. The largest absolute Gasteiger partial charge is 0.341 e. The summed E-state index contributed by atoms with van der Waals surface area (Å²) in [5.41, 5.74) is 2.17. The quantitative estimate of drug-likeness (QED) is 0.259. The number of nitrogens with zero attached hydrogens (tertiary/aromatic N) is 2. The molecule has 214 valence electrons. The lowest BCUT2D eigenvalue weighted by Crippen LogP contribution is -2.40. The highest BCUT2D eigenvalue weighted by Crippen LogP contribution is 2.36. The molecule has 0 radical (unpaired) electrons. The monoisotopic (exact) mass is 607 g/mol. The van der Waals surface area contributed by atoms with E-state index in [1.165, 1.54) is 15.8 Å². The van der Waals surface area contributed by atoms with Crippen LogP contribution in [0.5, 0.6) is 0 Å². The Morgan fingerprint density at radius 2 is 1.49 bits per heavy atom. The van der Waals surface area contributed by atoms with Crippen molar-refractivity contribution in [2.24, 2.45) is 17.0 Å². The Labute approximate surface area is 249 Å². The zero-order chi connectivity index (χ0) is 29.1. The van der Waals surface area contributed by atoms with Gasteiger partial charge in [0.25, 0.3) is 0 Å². The first-order valence-corrected chi connectivity index (χ1v) is 16.7. The van der Waals surface area contributed by atoms with Crippen molar-refractivity contribution in [2.45, 2.75) is 37.2 Å². The maximum atomic E-state index is 13.5. The van der Waals surface area contributed by atoms with Crippen LogP contribution in [0.3, 0.4) is 0 Å². The van der Waals surface area contributed by atoms with Gasteiger partial charge in [-0.1, -0.05) is 55.0 Å². The highest BCUT2D eigenvalue weighted by Gasteiger charge is 2.40. The first kappa shape index (κ1) is 29.2. The van der Waals surface area contributed by atoms with Gasteiger partial charge in [0.1, 0.15) is 0 Å². The summed E-state index contributed by atoms with van der Waals surface area (Å²) in [4.78, 5) is 34.0. The average Bonchev–Trinajstić information content (AvgIpc) is 3.74. The molecule has 0 saturated heterocycles. The molecule has 0 spiro atoms. The van der Waals surface area contributed by atoms with Crippen LogP contribution in [-0.2, 0) is 32.7 Å². The number of sulfonamides is 1. The summed E-state index contributed by atoms with van der Waals surface area (Å²) in [6.45, 7) is 0.924. The van der Waals surface area contributed by atoms with Crippen molar-refractivity contribution in [3.8, 4) is 20.9 Å². The van der Waals surface area contributed by atoms with E-state index in [2.05, 4.69) is 23.6 Å². The number of hydrogen-bond acceptors (Lipinski definition) is 6. The van der Waals surface area contributed by atoms with E-state index < -0.39 is 10.0 Å². The van der Waals surface area contributed by atoms with Crippen molar-refractivity contribution in [2.75, 3.05) is 14.1 Å². The van der Waals surface area contributed by atoms with Gasteiger partial charge in [0.2, 0.25) is 21.8 Å². The number of benzene rings is 2. The molecule has 5 rings (SSSR count). The van der Waals surface area contributed by atoms with Crippen molar-refractivity contribution in [1.29, 1.82) is 0 Å². The molecule has 2 atom stereocenters. The topological polar surface area (TPSA) is 101 Å². The molecule has 1 unspecified atom stereocenters. The van der Waals surface area contributed by atoms with Gasteiger partial charge in [-0.05, 0) is 53.6 Å². The summed E-state index contributed by atoms with van der Waals surface area (Å²) >= 11 is 3.40. The van der Waals surface area contributed by atoms with Crippen LogP contribution in [0.15, 0.2) is 83.1 Å². The van der Waals surface area contributed by atoms with E-state index in [0.29, 0.717) is 25.1 Å². The molecule has 1 fully saturated rings. The highest BCUT2D eigenvalue weighted by molar-refractivity contribution is 7.89. The number of carbonyl (C=O) groups excluding carboxylic acids is 2. The van der Waals surface area contributed by atoms with Crippen molar-refractivity contribution < 1.29 is 18.0 Å². The minimum absolute atomic E-state index is 0.0194. The Morgan fingerprint density at radius 1 is 0.829 bits per heavy atom. The number of amides is 2. The van der Waals surface area contributed by atoms with E-state index in [4.69, 9.17) is 5.14 Å². The predicted octanol–water partition coefficient (Wildman–Crippen LogP) is 5.82. The van der Waals surface area contributed by atoms with Gasteiger partial charge in [0, 0.05) is 52.7 Å². The molecule has 2 N–H and O–H groups in total. The van der Waals surface area contributed by atoms with Gasteiger partial charge in [-0.15, -0.1) is 22.7 Å². The number of carbonyl (C=O) groups is 2. The van der Waals surface area contributed by atoms with Gasteiger partial charge in [0.05, 0.1) is 11.4 Å². The second-order valence-electron chi connectivity index (χ2n) is 10.5. The molecule has 2 amide bonds. The van der Waals surface area contributed by atoms with E-state index in [1.54, 1.807) is 57.7 Å². The van der Waals surface area contributed by atoms with Crippen molar-refractivity contribution in [1.82, 2.24) is 9.80 Å². The molecular formula is C31H33N3O4S3. The van der Waals surface area contributed by atoms with Crippen LogP contribution >= 0.6 is 22.7 Å². The molecule has 1 aliphatic rings. The van der Waals surface area contributed by atoms with Gasteiger partial charge in [0.15, 0.2) is 0 Å². The summed E-state index contributed by atoms with van der Waals surface area (Å²) in [5, 5.41) is 7.45. The lowest BCUT2D eigenvalue weighted by atomic mass is 9.93. The van der Waals surface area contributed by atoms with E-state index in [1.807, 2.05) is 37.4 Å². The van der Waals surface area contributed by atoms with Crippen LogP contribution in [0.1, 0.15) is 29.7 Å². The highest BCUT2D eigenvalue weighted by atomic mass is 32.2. The van der Waals surface area contributed by atoms with E-state index in [9.17, 15) is 18.0 Å². The van der Waals surface area contributed by atoms with Gasteiger partial charge < -0.3 is 9.80 Å². The van der Waals surface area contributed by atoms with Crippen LogP contribution in [-0.4, -0.2) is 44.1 Å². The minimum atomic E-state index is -3.86. The summed E-state index contributed by atoms with van der Waals surface area (Å²) in [5.74, 6) is -0.642. The fourth-order valence-corrected chi connectivity index (χ4v) is 8.19. The molecule has 1 aliphatic carbocycles. The molecule has 2 aromatic carbocycles. The minimum Gasteiger partial charge on any atom is -0.341 e. The van der Waals surface area contributed by atoms with Crippen molar-refractivity contribution in [3.05, 3.63) is 88.6 Å². The first-order valence-electron chi connectivity index (χ1n) is 13.5. The second kappa shape index (κ2) is 12.3. The van der Waals surface area contributed by atoms with Crippen LogP contribution in [0.25, 0.3) is 20.9 Å². The van der Waals surface area contributed by atoms with Crippen LogP contribution in [0, 0.1) is 11.8 Å². The van der Waals surface area contributed by atoms with Crippen molar-refractivity contribution >= 4 is 44.5 Å². The molecule has 7 nitrogen and oxygen atoms in total. The van der Waals surface area contributed by atoms with Gasteiger partial charge in [-0.25, -0.2) is 13.6 Å². The standard InChI is InChI=1S/C31H33N3O4S3/c1-33(19-21-12-14-22(15-13-21)24-7-3-4-11-29(24)41(32,37)38)30(35)25-8-5-9-26(25)31(36)34(2)20-23-16-17-28(40-23)27-10-6-18-39-27/h3-4,6-7,10-18,25-26H,5,8-9,19-20H2,1-2H3,(H2,32,37,38)/t25?,26-/m1/s1. The molecular weight excluding hydrogens is 575 g/mol. The van der Waals surface area contributed by atoms with Crippen LogP contribution < -0.4 is 5.14 Å². The number of rotatable bonds is 9. The molecule has 1 saturated carbocycles. The molecule has 10 heteroatoms. The Kier molecular flexibility index (Phi) is 8.74. The lowest BCUT2D eigenvalue weighted by Gasteiger charge is -2.27. The maximum absolute atomic E-state index is 13.5. The smallest absolute Gasteiger partial charge is 0.238 e. The van der Waals surface area contributed by atoms with Crippen LogP contribution in [0.4, 0.5) is 0 Å². The third-order valence-electron chi connectivity index (χ3n) is 7.60. The number of nitrogens with two attached hydrogens (primary N) is 1. The fourth-order valence-electron chi connectivity index (χ4n) is 5.54. The first-order chi connectivity index (χ1) is 19.6. The third kappa shape index (κ3) is 6.62. The van der Waals surface area contributed by atoms with Crippen LogP contribution in [0.2, 0.25) is 0 Å². The summed E-state index contributed by atoms with van der Waals surface area (Å²) < 4.78 is 24.0. The lowest BCUT2D eigenvalue weighted by molar-refractivity contribution is -0.144. The SMILES string of the molecule is CN(Cc1ccc(-c2ccccc2S(N)(=O)=O)cc1)C(=O)C1CCC[C@H]1C(=O)N(C)Cc1ccc(-c2cccs2)s1. The Morgan fingerprint density at radius 3 is 2.12 bits per heavy atom. The van der Waals surface area contributed by atoms with Gasteiger partial charge >= 0.3 is 0 Å². The zero-order valence-electron chi connectivity index (χ0n) is 23.0. The molecule has 0 aliphatic heterocycles. The number of primary sulfonamides is 1. The van der Waals surface area contributed by atoms with E-state index in [0.717, 1.165) is 28.8 Å². The fraction of sp³-hybridized carbons (Fsp3) is 0.290. The van der Waals surface area contributed by atoms with E-state index in [-0.39, 0.29) is 28.5 Å². The number of hydrogen-bond donors (Lipinski definition) is 1. The Balaban J connectivity index is 1.21. The molecule has 2 aromatic heterocycles. The molecule has 4 aromatic rings. The summed E-state index contributed by atoms with van der Waals surface area (Å²) in [6, 6.07) is 22.4. The van der Waals surface area contributed by atoms with E-state index >= 15 is 0 Å². The van der Waals surface area contributed by atoms with Gasteiger partial charge in [-0.3, -0.25) is 9.59 Å². The summed E-state index contributed by atoms with van der Waals surface area (Å²) in [7, 11) is -0.262. The normalized spacial score (nSPS) is 17.0. The molecule has 2 heterocycles. The summed E-state index contributed by atoms with van der Waals surface area (Å²) in [6.07, 6.45) is 2.28. The maximum Gasteiger partial charge on any atom is 0.238 e. The zero-order valence-corrected chi connectivity index (χ0v) is 25.5.